The van der Waals surface area contributed by atoms with Gasteiger partial charge in [-0.2, -0.15) is 0 Å². The van der Waals surface area contributed by atoms with Crippen LogP contribution in [0.5, 0.6) is 0 Å². The molecule has 24 heavy (non-hydrogen) atoms. The highest BCUT2D eigenvalue weighted by Crippen LogP contribution is 2.69. The average molecular weight is 335 g/mol. The number of rotatable bonds is 3. The van der Waals surface area contributed by atoms with Crippen molar-refractivity contribution in [1.29, 1.82) is 0 Å². The van der Waals surface area contributed by atoms with E-state index in [-0.39, 0.29) is 11.8 Å². The van der Waals surface area contributed by atoms with Crippen LogP contribution < -0.4 is 16.0 Å². The molecule has 1 aromatic carbocycles. The predicted octanol–water partition coefficient (Wildman–Crippen LogP) is 1.40. The van der Waals surface area contributed by atoms with Gasteiger partial charge in [0, 0.05) is 18.7 Å². The zero-order valence-corrected chi connectivity index (χ0v) is 13.1. The quantitative estimate of drug-likeness (QED) is 0.731. The molecule has 2 saturated heterocycles. The van der Waals surface area contributed by atoms with Crippen LogP contribution in [-0.4, -0.2) is 36.9 Å². The summed E-state index contributed by atoms with van der Waals surface area (Å²) in [5, 5.41) is 8.39. The summed E-state index contributed by atoms with van der Waals surface area (Å²) in [6.07, 6.45) is 1.16. The molecule has 5 nitrogen and oxygen atoms in total. The van der Waals surface area contributed by atoms with Crippen molar-refractivity contribution >= 4 is 17.5 Å². The van der Waals surface area contributed by atoms with Gasteiger partial charge in [-0.1, -0.05) is 12.1 Å². The third-order valence-corrected chi connectivity index (χ3v) is 5.57. The lowest BCUT2D eigenvalue weighted by Crippen LogP contribution is -2.47. The van der Waals surface area contributed by atoms with Crippen molar-refractivity contribution in [2.45, 2.75) is 36.6 Å². The molecule has 1 aromatic rings. The third kappa shape index (κ3) is 2.14. The smallest absolute Gasteiger partial charge is 0.263 e. The van der Waals surface area contributed by atoms with Crippen molar-refractivity contribution in [2.75, 3.05) is 18.4 Å². The number of imide groups is 1. The second kappa shape index (κ2) is 5.24. The molecule has 128 valence electrons. The molecular weight excluding hydrogens is 316 g/mol. The largest absolute Gasteiger partial charge is 0.374 e. The minimum Gasteiger partial charge on any atom is -0.374 e. The summed E-state index contributed by atoms with van der Waals surface area (Å²) in [4.78, 5) is 22.9. The van der Waals surface area contributed by atoms with E-state index in [4.69, 9.17) is 0 Å². The highest BCUT2D eigenvalue weighted by atomic mass is 19.3. The maximum Gasteiger partial charge on any atom is 0.263 e. The number of hydrogen-bond acceptors (Lipinski definition) is 4. The number of alkyl halides is 2. The number of piperidine rings is 2. The molecule has 2 amide bonds. The van der Waals surface area contributed by atoms with E-state index in [1.54, 1.807) is 24.3 Å². The van der Waals surface area contributed by atoms with Gasteiger partial charge in [-0.15, -0.1) is 0 Å². The fraction of sp³-hybridized carbons (Fsp3) is 0.529. The van der Waals surface area contributed by atoms with Crippen molar-refractivity contribution in [3.05, 3.63) is 29.8 Å². The maximum absolute atomic E-state index is 14.3. The molecule has 2 aliphatic heterocycles. The summed E-state index contributed by atoms with van der Waals surface area (Å²) in [5.74, 6) is -3.90. The Morgan fingerprint density at radius 2 is 1.92 bits per heavy atom. The summed E-state index contributed by atoms with van der Waals surface area (Å²) in [5.41, 5.74) is 0.317. The Morgan fingerprint density at radius 3 is 2.58 bits per heavy atom. The Hall–Kier alpha value is -2.02. The van der Waals surface area contributed by atoms with Crippen LogP contribution in [0.25, 0.3) is 0 Å². The molecule has 3 fully saturated rings. The van der Waals surface area contributed by atoms with Gasteiger partial charge in [-0.25, -0.2) is 8.78 Å². The molecular formula is C17H19F2N3O2. The van der Waals surface area contributed by atoms with E-state index < -0.39 is 23.3 Å². The first-order valence-corrected chi connectivity index (χ1v) is 8.24. The van der Waals surface area contributed by atoms with Gasteiger partial charge in [0.05, 0.1) is 11.3 Å². The monoisotopic (exact) mass is 335 g/mol. The van der Waals surface area contributed by atoms with Crippen LogP contribution in [0.2, 0.25) is 0 Å². The van der Waals surface area contributed by atoms with Gasteiger partial charge in [0.2, 0.25) is 11.8 Å². The van der Waals surface area contributed by atoms with Gasteiger partial charge in [-0.3, -0.25) is 14.9 Å². The second-order valence-electron chi connectivity index (χ2n) is 6.83. The zero-order chi connectivity index (χ0) is 16.9. The molecule has 0 bridgehead atoms. The minimum absolute atomic E-state index is 0.264. The lowest BCUT2D eigenvalue weighted by molar-refractivity contribution is -0.133. The third-order valence-electron chi connectivity index (χ3n) is 5.57. The minimum atomic E-state index is -2.66. The summed E-state index contributed by atoms with van der Waals surface area (Å²) in [6.45, 7) is 0.950. The number of fused-ring (bicyclic) bond motifs is 1. The topological polar surface area (TPSA) is 70.2 Å². The molecule has 4 rings (SSSR count). The number of nitrogens with one attached hydrogen (secondary N) is 3. The van der Waals surface area contributed by atoms with E-state index in [0.29, 0.717) is 43.6 Å². The Bertz CT molecular complexity index is 692. The van der Waals surface area contributed by atoms with Gasteiger partial charge in [0.25, 0.3) is 5.92 Å². The molecule has 3 aliphatic rings. The van der Waals surface area contributed by atoms with Crippen LogP contribution in [0.4, 0.5) is 14.5 Å². The van der Waals surface area contributed by atoms with E-state index in [1.807, 2.05) is 0 Å². The van der Waals surface area contributed by atoms with E-state index >= 15 is 0 Å². The zero-order valence-electron chi connectivity index (χ0n) is 13.1. The summed E-state index contributed by atoms with van der Waals surface area (Å²) in [7, 11) is 0. The SMILES string of the molecule is O=C1CC[C@H](Nc2ccc([C@@]34CCNC[C@@H]3C4(F)F)cc2)C(=O)N1. The van der Waals surface area contributed by atoms with Crippen LogP contribution in [-0.2, 0) is 15.0 Å². The van der Waals surface area contributed by atoms with E-state index in [0.717, 1.165) is 0 Å². The predicted molar refractivity (Wildman–Crippen MR) is 83.8 cm³/mol. The lowest BCUT2D eigenvalue weighted by Gasteiger charge is -2.24. The second-order valence-corrected chi connectivity index (χ2v) is 6.83. The Morgan fingerprint density at radius 1 is 1.17 bits per heavy atom. The Labute approximate surface area is 138 Å². The van der Waals surface area contributed by atoms with Crippen LogP contribution in [0, 0.1) is 5.92 Å². The van der Waals surface area contributed by atoms with Gasteiger partial charge >= 0.3 is 0 Å². The molecule has 3 atom stereocenters. The highest BCUT2D eigenvalue weighted by molar-refractivity contribution is 6.01. The van der Waals surface area contributed by atoms with Crippen molar-refractivity contribution < 1.29 is 18.4 Å². The number of anilines is 1. The van der Waals surface area contributed by atoms with E-state index in [2.05, 4.69) is 16.0 Å². The standard InChI is InChI=1S/C17H19F2N3O2/c18-17(19)13-9-20-8-7-16(13,17)10-1-3-11(4-2-10)21-12-5-6-14(23)22-15(12)24/h1-4,12-13,20-21H,5-9H2,(H,22,23,24)/t12-,13-,16-/m0/s1. The first-order chi connectivity index (χ1) is 11.4. The van der Waals surface area contributed by atoms with Gasteiger partial charge in [0.1, 0.15) is 6.04 Å². The summed E-state index contributed by atoms with van der Waals surface area (Å²) in [6, 6.07) is 6.46. The highest BCUT2D eigenvalue weighted by Gasteiger charge is 2.80. The number of amides is 2. The van der Waals surface area contributed by atoms with Crippen LogP contribution in [0.15, 0.2) is 24.3 Å². The van der Waals surface area contributed by atoms with Crippen molar-refractivity contribution in [1.82, 2.24) is 10.6 Å². The molecule has 3 N–H and O–H groups in total. The van der Waals surface area contributed by atoms with E-state index in [9.17, 15) is 18.4 Å². The van der Waals surface area contributed by atoms with Gasteiger partial charge in [0.15, 0.2) is 0 Å². The number of hydrogen-bond donors (Lipinski definition) is 3. The normalized spacial score (nSPS) is 34.2. The summed E-state index contributed by atoms with van der Waals surface area (Å²) < 4.78 is 28.5. The number of carbonyl (C=O) groups excluding carboxylic acids is 2. The first kappa shape index (κ1) is 15.5. The summed E-state index contributed by atoms with van der Waals surface area (Å²) >= 11 is 0. The van der Waals surface area contributed by atoms with E-state index in [1.165, 1.54) is 0 Å². The molecule has 0 unspecified atom stereocenters. The Kier molecular flexibility index (Phi) is 3.38. The Balaban J connectivity index is 1.50. The molecule has 7 heteroatoms. The maximum atomic E-state index is 14.3. The van der Waals surface area contributed by atoms with Crippen LogP contribution in [0.3, 0.4) is 0 Å². The van der Waals surface area contributed by atoms with Crippen molar-refractivity contribution in [2.24, 2.45) is 5.92 Å². The fourth-order valence-electron chi connectivity index (χ4n) is 4.14. The molecule has 1 aliphatic carbocycles. The average Bonchev–Trinajstić information content (AvgIpc) is 3.09. The first-order valence-electron chi connectivity index (χ1n) is 8.24. The van der Waals surface area contributed by atoms with Crippen LogP contribution >= 0.6 is 0 Å². The molecule has 0 radical (unpaired) electrons. The molecule has 2 heterocycles. The van der Waals surface area contributed by atoms with Crippen molar-refractivity contribution in [3.63, 3.8) is 0 Å². The number of carbonyl (C=O) groups is 2. The molecule has 1 saturated carbocycles. The van der Waals surface area contributed by atoms with Gasteiger partial charge < -0.3 is 10.6 Å². The number of benzene rings is 1. The van der Waals surface area contributed by atoms with Crippen molar-refractivity contribution in [3.8, 4) is 0 Å². The lowest BCUT2D eigenvalue weighted by atomic mass is 9.87. The molecule has 0 spiro atoms. The molecule has 0 aromatic heterocycles. The fourth-order valence-corrected chi connectivity index (χ4v) is 4.14. The number of halogens is 2. The van der Waals surface area contributed by atoms with Gasteiger partial charge in [-0.05, 0) is 37.1 Å². The van der Waals surface area contributed by atoms with Crippen LogP contribution in [0.1, 0.15) is 24.8 Å².